The van der Waals surface area contributed by atoms with Gasteiger partial charge in [-0.05, 0) is 12.5 Å². The molecule has 1 aromatic rings. The highest BCUT2D eigenvalue weighted by Gasteiger charge is 2.26. The summed E-state index contributed by atoms with van der Waals surface area (Å²) in [6.45, 7) is 5.35. The Morgan fingerprint density at radius 3 is 2.50 bits per heavy atom. The van der Waals surface area contributed by atoms with Crippen molar-refractivity contribution < 1.29 is 22.8 Å². The first kappa shape index (κ1) is 16.3. The fourth-order valence-electron chi connectivity index (χ4n) is 1.36. The maximum Gasteiger partial charge on any atom is 0.274 e. The summed E-state index contributed by atoms with van der Waals surface area (Å²) in [7, 11) is 2.24. The molecule has 1 rings (SSSR count). The van der Waals surface area contributed by atoms with Gasteiger partial charge in [-0.2, -0.15) is 0 Å². The van der Waals surface area contributed by atoms with Crippen LogP contribution in [0.15, 0.2) is 29.2 Å². The standard InChI is InChI=1S/C11H12ClNO6S/c1-7(2)6-19-9-4-8(13(14)15)5-10(11(9)18-3)20(12,16)17/h4-5H,1,6H2,2-3H3. The topological polar surface area (TPSA) is 95.7 Å². The van der Waals surface area contributed by atoms with Crippen LogP contribution >= 0.6 is 10.7 Å². The van der Waals surface area contributed by atoms with E-state index in [2.05, 4.69) is 6.58 Å². The highest BCUT2D eigenvalue weighted by molar-refractivity contribution is 8.13. The zero-order valence-electron chi connectivity index (χ0n) is 10.8. The van der Waals surface area contributed by atoms with Crippen molar-refractivity contribution in [2.24, 2.45) is 0 Å². The Morgan fingerprint density at radius 2 is 2.10 bits per heavy atom. The van der Waals surface area contributed by atoms with E-state index in [1.54, 1.807) is 6.92 Å². The highest BCUT2D eigenvalue weighted by atomic mass is 35.7. The van der Waals surface area contributed by atoms with Crippen molar-refractivity contribution in [3.05, 3.63) is 34.4 Å². The zero-order chi connectivity index (χ0) is 15.5. The molecule has 0 aromatic heterocycles. The summed E-state index contributed by atoms with van der Waals surface area (Å²) in [5.41, 5.74) is 0.176. The minimum absolute atomic E-state index is 0.0549. The van der Waals surface area contributed by atoms with E-state index in [1.165, 1.54) is 7.11 Å². The molecule has 7 nitrogen and oxygen atoms in total. The summed E-state index contributed by atoms with van der Waals surface area (Å²) in [5.74, 6) is -0.282. The molecule has 0 saturated carbocycles. The molecule has 0 N–H and O–H groups in total. The first-order chi connectivity index (χ1) is 9.16. The number of methoxy groups -OCH3 is 1. The summed E-state index contributed by atoms with van der Waals surface area (Å²) in [4.78, 5) is 9.55. The molecular formula is C11H12ClNO6S. The molecule has 0 saturated heterocycles. The van der Waals surface area contributed by atoms with Gasteiger partial charge in [-0.15, -0.1) is 0 Å². The molecule has 0 fully saturated rings. The number of hydrogen-bond acceptors (Lipinski definition) is 6. The molecule has 0 amide bonds. The molecule has 0 aliphatic heterocycles. The van der Waals surface area contributed by atoms with Crippen LogP contribution in [0, 0.1) is 10.1 Å². The maximum atomic E-state index is 11.5. The molecule has 0 bridgehead atoms. The lowest BCUT2D eigenvalue weighted by atomic mass is 10.2. The predicted octanol–water partition coefficient (Wildman–Crippen LogP) is 2.49. The lowest BCUT2D eigenvalue weighted by Gasteiger charge is -2.13. The van der Waals surface area contributed by atoms with Crippen LogP contribution < -0.4 is 9.47 Å². The van der Waals surface area contributed by atoms with Gasteiger partial charge in [0.15, 0.2) is 11.5 Å². The first-order valence-electron chi connectivity index (χ1n) is 5.25. The van der Waals surface area contributed by atoms with E-state index in [4.69, 9.17) is 20.2 Å². The van der Waals surface area contributed by atoms with Crippen molar-refractivity contribution in [1.82, 2.24) is 0 Å². The van der Waals surface area contributed by atoms with Gasteiger partial charge in [-0.1, -0.05) is 6.58 Å². The number of benzene rings is 1. The van der Waals surface area contributed by atoms with Gasteiger partial charge in [0.05, 0.1) is 18.1 Å². The Bertz CT molecular complexity index is 655. The van der Waals surface area contributed by atoms with E-state index >= 15 is 0 Å². The number of rotatable bonds is 6. The Hall–Kier alpha value is -1.80. The van der Waals surface area contributed by atoms with Gasteiger partial charge in [0, 0.05) is 16.7 Å². The fourth-order valence-corrected chi connectivity index (χ4v) is 2.37. The second kappa shape index (κ2) is 6.10. The van der Waals surface area contributed by atoms with Crippen LogP contribution in [0.2, 0.25) is 0 Å². The fraction of sp³-hybridized carbons (Fsp3) is 0.273. The number of halogens is 1. The smallest absolute Gasteiger partial charge is 0.274 e. The SMILES string of the molecule is C=C(C)COc1cc([N+](=O)[O-])cc(S(=O)(=O)Cl)c1OC. The van der Waals surface area contributed by atoms with Gasteiger partial charge in [-0.25, -0.2) is 8.42 Å². The third kappa shape index (κ3) is 3.84. The summed E-state index contributed by atoms with van der Waals surface area (Å²) in [5, 5.41) is 10.8. The average molecular weight is 322 g/mol. The number of hydrogen-bond donors (Lipinski definition) is 0. The third-order valence-electron chi connectivity index (χ3n) is 2.16. The van der Waals surface area contributed by atoms with Crippen molar-refractivity contribution in [1.29, 1.82) is 0 Å². The van der Waals surface area contributed by atoms with E-state index < -0.39 is 24.6 Å². The molecule has 20 heavy (non-hydrogen) atoms. The second-order valence-electron chi connectivity index (χ2n) is 3.92. The summed E-state index contributed by atoms with van der Waals surface area (Å²) >= 11 is 0. The van der Waals surface area contributed by atoms with Gasteiger partial charge >= 0.3 is 0 Å². The van der Waals surface area contributed by atoms with Crippen LogP contribution in [0.5, 0.6) is 11.5 Å². The number of nitro benzene ring substituents is 1. The molecule has 0 aliphatic carbocycles. The second-order valence-corrected chi connectivity index (χ2v) is 6.45. The lowest BCUT2D eigenvalue weighted by molar-refractivity contribution is -0.385. The Balaban J connectivity index is 3.51. The van der Waals surface area contributed by atoms with E-state index in [9.17, 15) is 18.5 Å². The van der Waals surface area contributed by atoms with E-state index in [-0.39, 0.29) is 18.1 Å². The van der Waals surface area contributed by atoms with Crippen LogP contribution in [0.3, 0.4) is 0 Å². The third-order valence-corrected chi connectivity index (χ3v) is 3.48. The van der Waals surface area contributed by atoms with Gasteiger partial charge in [-0.3, -0.25) is 10.1 Å². The van der Waals surface area contributed by atoms with Gasteiger partial charge < -0.3 is 9.47 Å². The molecule has 0 atom stereocenters. The van der Waals surface area contributed by atoms with Gasteiger partial charge in [0.2, 0.25) is 0 Å². The Morgan fingerprint density at radius 1 is 1.50 bits per heavy atom. The van der Waals surface area contributed by atoms with Crippen LogP contribution in [0.1, 0.15) is 6.92 Å². The summed E-state index contributed by atoms with van der Waals surface area (Å²) in [6.07, 6.45) is 0. The molecule has 0 aliphatic rings. The molecule has 0 spiro atoms. The van der Waals surface area contributed by atoms with Crippen LogP contribution in [0.25, 0.3) is 0 Å². The molecule has 0 radical (unpaired) electrons. The van der Waals surface area contributed by atoms with Crippen molar-refractivity contribution in [2.75, 3.05) is 13.7 Å². The van der Waals surface area contributed by atoms with E-state index in [0.717, 1.165) is 12.1 Å². The molecule has 1 aromatic carbocycles. The zero-order valence-corrected chi connectivity index (χ0v) is 12.3. The summed E-state index contributed by atoms with van der Waals surface area (Å²) in [6, 6.07) is 1.88. The molecule has 0 unspecified atom stereocenters. The average Bonchev–Trinajstić information content (AvgIpc) is 2.33. The van der Waals surface area contributed by atoms with Crippen LogP contribution in [0.4, 0.5) is 5.69 Å². The van der Waals surface area contributed by atoms with E-state index in [1.807, 2.05) is 0 Å². The van der Waals surface area contributed by atoms with Crippen LogP contribution in [-0.4, -0.2) is 27.1 Å². The van der Waals surface area contributed by atoms with Gasteiger partial charge in [0.25, 0.3) is 14.7 Å². The largest absolute Gasteiger partial charge is 0.492 e. The van der Waals surface area contributed by atoms with Crippen molar-refractivity contribution in [3.8, 4) is 11.5 Å². The molecule has 9 heteroatoms. The minimum atomic E-state index is -4.22. The monoisotopic (exact) mass is 321 g/mol. The molecular weight excluding hydrogens is 310 g/mol. The normalized spacial score (nSPS) is 10.9. The number of ether oxygens (including phenoxy) is 2. The minimum Gasteiger partial charge on any atom is -0.492 e. The Labute approximate surface area is 120 Å². The first-order valence-corrected chi connectivity index (χ1v) is 7.56. The van der Waals surface area contributed by atoms with Crippen molar-refractivity contribution >= 4 is 25.4 Å². The number of nitro groups is 1. The summed E-state index contributed by atoms with van der Waals surface area (Å²) < 4.78 is 33.1. The quantitative estimate of drug-likeness (QED) is 0.345. The predicted molar refractivity (Wildman–Crippen MR) is 73.0 cm³/mol. The van der Waals surface area contributed by atoms with Crippen LogP contribution in [-0.2, 0) is 9.05 Å². The van der Waals surface area contributed by atoms with E-state index in [0.29, 0.717) is 5.57 Å². The Kier molecular flexibility index (Phi) is 4.96. The molecule has 0 heterocycles. The highest BCUT2D eigenvalue weighted by Crippen LogP contribution is 2.39. The number of non-ortho nitro benzene ring substituents is 1. The maximum absolute atomic E-state index is 11.5. The molecule has 110 valence electrons. The van der Waals surface area contributed by atoms with Gasteiger partial charge in [0.1, 0.15) is 11.5 Å². The van der Waals surface area contributed by atoms with Crippen molar-refractivity contribution in [3.63, 3.8) is 0 Å². The van der Waals surface area contributed by atoms with Crippen molar-refractivity contribution in [2.45, 2.75) is 11.8 Å². The number of nitrogens with zero attached hydrogens (tertiary/aromatic N) is 1. The lowest BCUT2D eigenvalue weighted by Crippen LogP contribution is -2.04.